The van der Waals surface area contributed by atoms with E-state index in [-0.39, 0.29) is 12.5 Å². The number of hydrogen-bond acceptors (Lipinski definition) is 5. The molecule has 0 radical (unpaired) electrons. The molecule has 6 heteroatoms. The lowest BCUT2D eigenvalue weighted by atomic mass is 10.1. The van der Waals surface area contributed by atoms with E-state index in [0.717, 1.165) is 5.56 Å². The van der Waals surface area contributed by atoms with Crippen molar-refractivity contribution in [2.45, 2.75) is 19.6 Å². The predicted molar refractivity (Wildman–Crippen MR) is 97.0 cm³/mol. The van der Waals surface area contributed by atoms with Crippen LogP contribution in [0.4, 0.5) is 0 Å². The van der Waals surface area contributed by atoms with Gasteiger partial charge >= 0.3 is 0 Å². The number of methoxy groups -OCH3 is 2. The smallest absolute Gasteiger partial charge is 0.267 e. The van der Waals surface area contributed by atoms with Crippen LogP contribution in [0.2, 0.25) is 0 Å². The lowest BCUT2D eigenvalue weighted by molar-refractivity contribution is -0.141. The molecular formula is C20H23NO5. The maximum Gasteiger partial charge on any atom is 0.267 e. The van der Waals surface area contributed by atoms with Crippen LogP contribution in [-0.4, -0.2) is 44.3 Å². The Balaban J connectivity index is 1.72. The number of hydrogen-bond donors (Lipinski definition) is 0. The molecule has 6 nitrogen and oxygen atoms in total. The Kier molecular flexibility index (Phi) is 5.51. The van der Waals surface area contributed by atoms with Gasteiger partial charge in [-0.1, -0.05) is 18.2 Å². The Hall–Kier alpha value is -2.89. The van der Waals surface area contributed by atoms with Crippen LogP contribution in [0.1, 0.15) is 12.5 Å². The number of rotatable bonds is 6. The Bertz CT molecular complexity index is 777. The second-order valence-corrected chi connectivity index (χ2v) is 5.91. The van der Waals surface area contributed by atoms with Gasteiger partial charge in [0, 0.05) is 13.1 Å². The van der Waals surface area contributed by atoms with Gasteiger partial charge in [-0.2, -0.15) is 0 Å². The van der Waals surface area contributed by atoms with Crippen molar-refractivity contribution in [3.63, 3.8) is 0 Å². The molecule has 26 heavy (non-hydrogen) atoms. The van der Waals surface area contributed by atoms with E-state index in [4.69, 9.17) is 18.9 Å². The van der Waals surface area contributed by atoms with Crippen molar-refractivity contribution >= 4 is 5.91 Å². The maximum atomic E-state index is 12.9. The van der Waals surface area contributed by atoms with Crippen molar-refractivity contribution in [2.75, 3.05) is 27.4 Å². The highest BCUT2D eigenvalue weighted by molar-refractivity contribution is 5.82. The molecule has 1 atom stereocenters. The molecule has 1 heterocycles. The number of benzene rings is 2. The molecule has 0 spiro atoms. The lowest BCUT2D eigenvalue weighted by Crippen LogP contribution is -2.46. The SMILES string of the molecule is CCN(Cc1ccc(OC)c(OC)c1)C(=O)[C@H]1COc2ccccc2O1. The third-order valence-electron chi connectivity index (χ3n) is 4.30. The predicted octanol–water partition coefficient (Wildman–Crippen LogP) is 2.89. The molecule has 2 aromatic rings. The summed E-state index contributed by atoms with van der Waals surface area (Å²) in [5.41, 5.74) is 0.954. The average molecular weight is 357 g/mol. The minimum Gasteiger partial charge on any atom is -0.493 e. The summed E-state index contributed by atoms with van der Waals surface area (Å²) in [4.78, 5) is 14.6. The van der Waals surface area contributed by atoms with E-state index in [2.05, 4.69) is 0 Å². The van der Waals surface area contributed by atoms with Crippen molar-refractivity contribution in [1.82, 2.24) is 4.90 Å². The van der Waals surface area contributed by atoms with E-state index >= 15 is 0 Å². The molecule has 138 valence electrons. The molecule has 0 saturated carbocycles. The first kappa shape index (κ1) is 17.9. The molecule has 0 N–H and O–H groups in total. The van der Waals surface area contributed by atoms with Crippen molar-refractivity contribution in [1.29, 1.82) is 0 Å². The first-order valence-electron chi connectivity index (χ1n) is 8.54. The van der Waals surface area contributed by atoms with Gasteiger partial charge in [-0.3, -0.25) is 4.79 Å². The molecule has 1 aliphatic rings. The fourth-order valence-electron chi connectivity index (χ4n) is 2.89. The normalized spacial score (nSPS) is 15.3. The molecule has 0 unspecified atom stereocenters. The van der Waals surface area contributed by atoms with Crippen LogP contribution in [-0.2, 0) is 11.3 Å². The summed E-state index contributed by atoms with van der Waals surface area (Å²) in [5, 5.41) is 0. The monoisotopic (exact) mass is 357 g/mol. The number of para-hydroxylation sites is 2. The molecule has 1 aliphatic heterocycles. The van der Waals surface area contributed by atoms with Crippen LogP contribution in [0, 0.1) is 0 Å². The highest BCUT2D eigenvalue weighted by atomic mass is 16.6. The summed E-state index contributed by atoms with van der Waals surface area (Å²) in [6, 6.07) is 13.0. The van der Waals surface area contributed by atoms with Crippen molar-refractivity contribution in [2.24, 2.45) is 0 Å². The van der Waals surface area contributed by atoms with Gasteiger partial charge in [-0.25, -0.2) is 0 Å². The highest BCUT2D eigenvalue weighted by Gasteiger charge is 2.30. The van der Waals surface area contributed by atoms with Gasteiger partial charge in [0.15, 0.2) is 23.0 Å². The molecule has 2 aromatic carbocycles. The van der Waals surface area contributed by atoms with Crippen LogP contribution >= 0.6 is 0 Å². The van der Waals surface area contributed by atoms with Crippen LogP contribution in [0.5, 0.6) is 23.0 Å². The second-order valence-electron chi connectivity index (χ2n) is 5.91. The number of likely N-dealkylation sites (N-methyl/N-ethyl adjacent to an activating group) is 1. The maximum absolute atomic E-state index is 12.9. The zero-order chi connectivity index (χ0) is 18.5. The fraction of sp³-hybridized carbons (Fsp3) is 0.350. The third kappa shape index (κ3) is 3.69. The molecule has 3 rings (SSSR count). The molecule has 0 aliphatic carbocycles. The summed E-state index contributed by atoms with van der Waals surface area (Å²) >= 11 is 0. The van der Waals surface area contributed by atoms with Gasteiger partial charge in [0.1, 0.15) is 6.61 Å². The molecule has 1 amide bonds. The minimum atomic E-state index is -0.648. The Labute approximate surface area is 153 Å². The Morgan fingerprint density at radius 3 is 2.54 bits per heavy atom. The van der Waals surface area contributed by atoms with Gasteiger partial charge in [-0.05, 0) is 36.8 Å². The van der Waals surface area contributed by atoms with Gasteiger partial charge in [0.25, 0.3) is 5.91 Å². The minimum absolute atomic E-state index is 0.100. The van der Waals surface area contributed by atoms with E-state index in [1.807, 2.05) is 43.3 Å². The first-order chi connectivity index (χ1) is 12.7. The first-order valence-corrected chi connectivity index (χ1v) is 8.54. The summed E-state index contributed by atoms with van der Waals surface area (Å²) in [5.74, 6) is 2.46. The van der Waals surface area contributed by atoms with E-state index in [9.17, 15) is 4.79 Å². The Morgan fingerprint density at radius 1 is 1.12 bits per heavy atom. The topological polar surface area (TPSA) is 57.2 Å². The van der Waals surface area contributed by atoms with E-state index in [0.29, 0.717) is 36.1 Å². The standard InChI is InChI=1S/C20H23NO5/c1-4-21(12-14-9-10-15(23-2)18(11-14)24-3)20(22)19-13-25-16-7-5-6-8-17(16)26-19/h5-11,19H,4,12-13H2,1-3H3/t19-/m1/s1. The van der Waals surface area contributed by atoms with Crippen LogP contribution in [0.15, 0.2) is 42.5 Å². The number of ether oxygens (including phenoxy) is 4. The number of carbonyl (C=O) groups is 1. The zero-order valence-electron chi connectivity index (χ0n) is 15.2. The van der Waals surface area contributed by atoms with Crippen molar-refractivity contribution in [3.8, 4) is 23.0 Å². The number of fused-ring (bicyclic) bond motifs is 1. The van der Waals surface area contributed by atoms with Crippen LogP contribution in [0.25, 0.3) is 0 Å². The van der Waals surface area contributed by atoms with Crippen molar-refractivity contribution < 1.29 is 23.7 Å². The zero-order valence-corrected chi connectivity index (χ0v) is 15.2. The van der Waals surface area contributed by atoms with E-state index in [1.165, 1.54) is 0 Å². The summed E-state index contributed by atoms with van der Waals surface area (Å²) in [6.07, 6.45) is -0.648. The van der Waals surface area contributed by atoms with Crippen LogP contribution < -0.4 is 18.9 Å². The van der Waals surface area contributed by atoms with Gasteiger partial charge < -0.3 is 23.8 Å². The largest absolute Gasteiger partial charge is 0.493 e. The quantitative estimate of drug-likeness (QED) is 0.796. The summed E-state index contributed by atoms with van der Waals surface area (Å²) in [7, 11) is 3.19. The Morgan fingerprint density at radius 2 is 1.85 bits per heavy atom. The summed E-state index contributed by atoms with van der Waals surface area (Å²) < 4.78 is 22.1. The second kappa shape index (κ2) is 7.99. The number of carbonyl (C=O) groups excluding carboxylic acids is 1. The molecule has 0 saturated heterocycles. The molecular weight excluding hydrogens is 334 g/mol. The number of nitrogens with zero attached hydrogens (tertiary/aromatic N) is 1. The van der Waals surface area contributed by atoms with E-state index < -0.39 is 6.10 Å². The molecule has 0 fully saturated rings. The van der Waals surface area contributed by atoms with Gasteiger partial charge in [0.05, 0.1) is 14.2 Å². The average Bonchev–Trinajstić information content (AvgIpc) is 2.70. The summed E-state index contributed by atoms with van der Waals surface area (Å²) in [6.45, 7) is 3.17. The van der Waals surface area contributed by atoms with Crippen molar-refractivity contribution in [3.05, 3.63) is 48.0 Å². The molecule has 0 aromatic heterocycles. The highest BCUT2D eigenvalue weighted by Crippen LogP contribution is 2.32. The van der Waals surface area contributed by atoms with Gasteiger partial charge in [-0.15, -0.1) is 0 Å². The third-order valence-corrected chi connectivity index (χ3v) is 4.30. The number of amides is 1. The fourth-order valence-corrected chi connectivity index (χ4v) is 2.89. The molecule has 0 bridgehead atoms. The lowest BCUT2D eigenvalue weighted by Gasteiger charge is -2.30. The van der Waals surface area contributed by atoms with E-state index in [1.54, 1.807) is 25.2 Å². The van der Waals surface area contributed by atoms with Gasteiger partial charge in [0.2, 0.25) is 6.10 Å². The van der Waals surface area contributed by atoms with Crippen LogP contribution in [0.3, 0.4) is 0 Å².